The van der Waals surface area contributed by atoms with Crippen molar-refractivity contribution in [1.29, 1.82) is 0 Å². The highest BCUT2D eigenvalue weighted by molar-refractivity contribution is 5.59. The van der Waals surface area contributed by atoms with Gasteiger partial charge in [-0.1, -0.05) is 18.2 Å². The van der Waals surface area contributed by atoms with E-state index >= 15 is 0 Å². The largest absolute Gasteiger partial charge is 0.385 e. The van der Waals surface area contributed by atoms with E-state index in [2.05, 4.69) is 46.0 Å². The zero-order valence-corrected chi connectivity index (χ0v) is 11.3. The second kappa shape index (κ2) is 5.45. The van der Waals surface area contributed by atoms with Gasteiger partial charge in [0.25, 0.3) is 0 Å². The van der Waals surface area contributed by atoms with E-state index in [1.165, 1.54) is 35.2 Å². The lowest BCUT2D eigenvalue weighted by Gasteiger charge is -2.21. The molecule has 4 nitrogen and oxygen atoms in total. The van der Waals surface area contributed by atoms with Gasteiger partial charge in [-0.3, -0.25) is 5.10 Å². The number of nitrogens with one attached hydrogen (secondary N) is 3. The molecule has 0 fully saturated rings. The van der Waals surface area contributed by atoms with Crippen LogP contribution in [0.4, 0.5) is 5.69 Å². The van der Waals surface area contributed by atoms with Crippen molar-refractivity contribution in [3.05, 3.63) is 46.8 Å². The molecular formula is C15H20N4. The van der Waals surface area contributed by atoms with E-state index in [-0.39, 0.29) is 0 Å². The first-order valence-corrected chi connectivity index (χ1v) is 6.89. The van der Waals surface area contributed by atoms with Crippen LogP contribution in [0.1, 0.15) is 28.8 Å². The van der Waals surface area contributed by atoms with Crippen LogP contribution in [-0.4, -0.2) is 16.7 Å². The van der Waals surface area contributed by atoms with Gasteiger partial charge in [-0.05, 0) is 30.9 Å². The van der Waals surface area contributed by atoms with Gasteiger partial charge >= 0.3 is 0 Å². The number of para-hydroxylation sites is 1. The van der Waals surface area contributed by atoms with Crippen LogP contribution in [0.2, 0.25) is 0 Å². The molecular weight excluding hydrogens is 236 g/mol. The average Bonchev–Trinajstić information content (AvgIpc) is 2.85. The smallest absolute Gasteiger partial charge is 0.0535 e. The Morgan fingerprint density at radius 3 is 3.00 bits per heavy atom. The van der Waals surface area contributed by atoms with E-state index in [4.69, 9.17) is 0 Å². The molecule has 1 aromatic carbocycles. The third kappa shape index (κ3) is 2.63. The van der Waals surface area contributed by atoms with E-state index in [9.17, 15) is 0 Å². The molecule has 4 heteroatoms. The second-order valence-corrected chi connectivity index (χ2v) is 5.11. The summed E-state index contributed by atoms with van der Waals surface area (Å²) in [4.78, 5) is 0. The molecule has 100 valence electrons. The van der Waals surface area contributed by atoms with Gasteiger partial charge in [-0.15, -0.1) is 0 Å². The van der Waals surface area contributed by atoms with Gasteiger partial charge in [0.1, 0.15) is 0 Å². The van der Waals surface area contributed by atoms with Crippen LogP contribution in [-0.2, 0) is 19.5 Å². The van der Waals surface area contributed by atoms with E-state index in [1.807, 2.05) is 6.20 Å². The average molecular weight is 256 g/mol. The quantitative estimate of drug-likeness (QED) is 0.787. The number of benzene rings is 1. The van der Waals surface area contributed by atoms with E-state index in [0.29, 0.717) is 0 Å². The predicted molar refractivity (Wildman–Crippen MR) is 77.1 cm³/mol. The molecule has 0 amide bonds. The molecule has 2 heterocycles. The summed E-state index contributed by atoms with van der Waals surface area (Å²) in [7, 11) is 0. The fourth-order valence-electron chi connectivity index (χ4n) is 2.61. The fourth-order valence-corrected chi connectivity index (χ4v) is 2.61. The van der Waals surface area contributed by atoms with Gasteiger partial charge in [-0.25, -0.2) is 0 Å². The molecule has 0 spiro atoms. The molecule has 3 rings (SSSR count). The first-order valence-electron chi connectivity index (χ1n) is 6.89. The topological polar surface area (TPSA) is 52.7 Å². The van der Waals surface area contributed by atoms with Crippen molar-refractivity contribution in [1.82, 2.24) is 15.5 Å². The molecule has 0 bridgehead atoms. The summed E-state index contributed by atoms with van der Waals surface area (Å²) in [6, 6.07) is 6.59. The zero-order valence-electron chi connectivity index (χ0n) is 11.3. The Hall–Kier alpha value is -1.81. The number of H-pyrrole nitrogens is 1. The fraction of sp³-hybridized carbons (Fsp3) is 0.400. The van der Waals surface area contributed by atoms with Gasteiger partial charge in [0.05, 0.1) is 6.20 Å². The van der Waals surface area contributed by atoms with Crippen LogP contribution in [0.5, 0.6) is 0 Å². The van der Waals surface area contributed by atoms with E-state index < -0.39 is 0 Å². The third-order valence-electron chi connectivity index (χ3n) is 3.73. The van der Waals surface area contributed by atoms with E-state index in [1.54, 1.807) is 0 Å². The Balaban J connectivity index is 1.66. The van der Waals surface area contributed by atoms with Gasteiger partial charge in [-0.2, -0.15) is 5.10 Å². The first kappa shape index (κ1) is 12.2. The number of nitrogens with zero attached hydrogens (tertiary/aromatic N) is 1. The molecule has 0 saturated carbocycles. The Kier molecular flexibility index (Phi) is 3.51. The number of fused-ring (bicyclic) bond motifs is 1. The summed E-state index contributed by atoms with van der Waals surface area (Å²) >= 11 is 0. The maximum Gasteiger partial charge on any atom is 0.0535 e. The molecule has 2 aromatic rings. The molecule has 0 atom stereocenters. The lowest BCUT2D eigenvalue weighted by Crippen LogP contribution is -2.18. The summed E-state index contributed by atoms with van der Waals surface area (Å²) in [6.07, 6.45) is 4.32. The zero-order chi connectivity index (χ0) is 13.1. The SMILES string of the molecule is Cc1[nH]ncc1CNCc1cccc2c1NCCC2. The second-order valence-electron chi connectivity index (χ2n) is 5.11. The van der Waals surface area contributed by atoms with E-state index in [0.717, 1.165) is 25.3 Å². The Bertz CT molecular complexity index is 559. The third-order valence-corrected chi connectivity index (χ3v) is 3.73. The van der Waals surface area contributed by atoms with Gasteiger partial charge < -0.3 is 10.6 Å². The van der Waals surface area contributed by atoms with Crippen molar-refractivity contribution >= 4 is 5.69 Å². The standard InChI is InChI=1S/C15H20N4/c1-11-14(10-18-19-11)9-16-8-13-5-2-4-12-6-3-7-17-15(12)13/h2,4-5,10,16-17H,3,6-9H2,1H3,(H,18,19). The number of rotatable bonds is 4. The molecule has 1 aliphatic rings. The van der Waals surface area contributed by atoms with Crippen LogP contribution in [0.25, 0.3) is 0 Å². The molecule has 0 aliphatic carbocycles. The monoisotopic (exact) mass is 256 g/mol. The summed E-state index contributed by atoms with van der Waals surface area (Å²) in [5.41, 5.74) is 6.52. The maximum absolute atomic E-state index is 4.04. The van der Waals surface area contributed by atoms with Crippen molar-refractivity contribution in [3.8, 4) is 0 Å². The van der Waals surface area contributed by atoms with Crippen molar-refractivity contribution in [2.24, 2.45) is 0 Å². The molecule has 0 unspecified atom stereocenters. The van der Waals surface area contributed by atoms with Crippen molar-refractivity contribution < 1.29 is 0 Å². The van der Waals surface area contributed by atoms with Crippen LogP contribution < -0.4 is 10.6 Å². The molecule has 1 aliphatic heterocycles. The molecule has 1 aromatic heterocycles. The summed E-state index contributed by atoms with van der Waals surface area (Å²) in [6.45, 7) is 4.88. The van der Waals surface area contributed by atoms with Gasteiger partial charge in [0, 0.05) is 36.6 Å². The lowest BCUT2D eigenvalue weighted by atomic mass is 9.99. The Labute approximate surface area is 113 Å². The number of hydrogen-bond donors (Lipinski definition) is 3. The minimum absolute atomic E-state index is 0.853. The summed E-state index contributed by atoms with van der Waals surface area (Å²) in [5.74, 6) is 0. The molecule has 19 heavy (non-hydrogen) atoms. The normalized spacial score (nSPS) is 13.9. The van der Waals surface area contributed by atoms with Crippen molar-refractivity contribution in [3.63, 3.8) is 0 Å². The van der Waals surface area contributed by atoms with Crippen LogP contribution in [0, 0.1) is 6.92 Å². The van der Waals surface area contributed by atoms with Gasteiger partial charge in [0.15, 0.2) is 0 Å². The highest BCUT2D eigenvalue weighted by Gasteiger charge is 2.11. The number of aryl methyl sites for hydroxylation is 2. The minimum Gasteiger partial charge on any atom is -0.385 e. The predicted octanol–water partition coefficient (Wildman–Crippen LogP) is 2.37. The van der Waals surface area contributed by atoms with Crippen LogP contribution in [0.15, 0.2) is 24.4 Å². The molecule has 0 saturated heterocycles. The lowest BCUT2D eigenvalue weighted by molar-refractivity contribution is 0.688. The van der Waals surface area contributed by atoms with Crippen molar-refractivity contribution in [2.75, 3.05) is 11.9 Å². The molecule has 0 radical (unpaired) electrons. The highest BCUT2D eigenvalue weighted by Crippen LogP contribution is 2.25. The number of aromatic nitrogens is 2. The minimum atomic E-state index is 0.853. The first-order chi connectivity index (χ1) is 9.34. The summed E-state index contributed by atoms with van der Waals surface area (Å²) in [5, 5.41) is 14.0. The van der Waals surface area contributed by atoms with Crippen LogP contribution >= 0.6 is 0 Å². The van der Waals surface area contributed by atoms with Gasteiger partial charge in [0.2, 0.25) is 0 Å². The number of anilines is 1. The number of aromatic amines is 1. The maximum atomic E-state index is 4.04. The number of hydrogen-bond acceptors (Lipinski definition) is 3. The Morgan fingerprint density at radius 1 is 1.26 bits per heavy atom. The Morgan fingerprint density at radius 2 is 2.16 bits per heavy atom. The van der Waals surface area contributed by atoms with Crippen molar-refractivity contribution in [2.45, 2.75) is 32.9 Å². The summed E-state index contributed by atoms with van der Waals surface area (Å²) < 4.78 is 0. The molecule has 3 N–H and O–H groups in total. The highest BCUT2D eigenvalue weighted by atomic mass is 15.1. The van der Waals surface area contributed by atoms with Crippen LogP contribution in [0.3, 0.4) is 0 Å².